The molecule has 0 radical (unpaired) electrons. The van der Waals surface area contributed by atoms with Gasteiger partial charge in [-0.25, -0.2) is 9.97 Å². The van der Waals surface area contributed by atoms with Crippen LogP contribution >= 0.6 is 11.8 Å². The molecule has 0 atom stereocenters. The molecule has 0 saturated carbocycles. The van der Waals surface area contributed by atoms with Crippen molar-refractivity contribution in [2.45, 2.75) is 10.1 Å². The number of benzene rings is 3. The first-order valence-electron chi connectivity index (χ1n) is 9.16. The minimum atomic E-state index is 0.704. The van der Waals surface area contributed by atoms with E-state index in [0.717, 1.165) is 38.9 Å². The summed E-state index contributed by atoms with van der Waals surface area (Å²) in [7, 11) is 3.33. The van der Waals surface area contributed by atoms with Gasteiger partial charge < -0.3 is 9.47 Å². The fourth-order valence-electron chi connectivity index (χ4n) is 2.88. The van der Waals surface area contributed by atoms with Crippen LogP contribution in [-0.4, -0.2) is 24.2 Å². The average Bonchev–Trinajstić information content (AvgIpc) is 2.79. The van der Waals surface area contributed by atoms with E-state index in [1.54, 1.807) is 26.0 Å². The number of hydrogen-bond donors (Lipinski definition) is 0. The highest BCUT2D eigenvalue weighted by Gasteiger charge is 2.10. The third kappa shape index (κ3) is 4.58. The van der Waals surface area contributed by atoms with Crippen molar-refractivity contribution in [2.75, 3.05) is 14.2 Å². The molecule has 29 heavy (non-hydrogen) atoms. The van der Waals surface area contributed by atoms with Crippen LogP contribution in [0.25, 0.3) is 22.5 Å². The lowest BCUT2D eigenvalue weighted by Gasteiger charge is -2.10. The largest absolute Gasteiger partial charge is 0.497 e. The van der Waals surface area contributed by atoms with E-state index in [4.69, 9.17) is 19.4 Å². The summed E-state index contributed by atoms with van der Waals surface area (Å²) in [6, 6.07) is 28.0. The Bertz CT molecular complexity index is 1020. The molecule has 3 aromatic carbocycles. The van der Waals surface area contributed by atoms with E-state index in [1.807, 2.05) is 72.8 Å². The topological polar surface area (TPSA) is 44.2 Å². The molecule has 0 bridgehead atoms. The van der Waals surface area contributed by atoms with E-state index in [2.05, 4.69) is 12.1 Å². The SMILES string of the molecule is COc1ccc(-c2cc(-c3ccc(OC)cc3)nc(Sc3ccccc3)n2)cc1. The molecular weight excluding hydrogens is 380 g/mol. The van der Waals surface area contributed by atoms with Gasteiger partial charge in [-0.05, 0) is 78.5 Å². The van der Waals surface area contributed by atoms with Crippen molar-refractivity contribution < 1.29 is 9.47 Å². The average molecular weight is 401 g/mol. The summed E-state index contributed by atoms with van der Waals surface area (Å²) in [5, 5.41) is 0.704. The molecule has 0 saturated heterocycles. The van der Waals surface area contributed by atoms with Gasteiger partial charge in [-0.2, -0.15) is 0 Å². The van der Waals surface area contributed by atoms with Crippen LogP contribution in [0, 0.1) is 0 Å². The zero-order chi connectivity index (χ0) is 20.1. The van der Waals surface area contributed by atoms with Gasteiger partial charge in [0.2, 0.25) is 0 Å². The normalized spacial score (nSPS) is 10.6. The Kier molecular flexibility index (Phi) is 5.77. The van der Waals surface area contributed by atoms with Crippen molar-refractivity contribution in [3.8, 4) is 34.0 Å². The predicted octanol–water partition coefficient (Wildman–Crippen LogP) is 5.98. The smallest absolute Gasteiger partial charge is 0.193 e. The zero-order valence-electron chi connectivity index (χ0n) is 16.2. The van der Waals surface area contributed by atoms with Crippen molar-refractivity contribution in [1.29, 1.82) is 0 Å². The maximum atomic E-state index is 5.27. The van der Waals surface area contributed by atoms with Crippen LogP contribution in [0.5, 0.6) is 11.5 Å². The highest BCUT2D eigenvalue weighted by molar-refractivity contribution is 7.99. The lowest BCUT2D eigenvalue weighted by molar-refractivity contribution is 0.415. The van der Waals surface area contributed by atoms with Gasteiger partial charge in [0.25, 0.3) is 0 Å². The molecule has 0 aliphatic carbocycles. The fraction of sp³-hybridized carbons (Fsp3) is 0.0833. The second-order valence-electron chi connectivity index (χ2n) is 6.29. The van der Waals surface area contributed by atoms with Crippen molar-refractivity contribution in [3.05, 3.63) is 84.9 Å². The van der Waals surface area contributed by atoms with E-state index in [0.29, 0.717) is 5.16 Å². The Morgan fingerprint density at radius 2 is 1.10 bits per heavy atom. The molecule has 0 aliphatic heterocycles. The molecule has 0 spiro atoms. The molecule has 4 aromatic rings. The predicted molar refractivity (Wildman–Crippen MR) is 117 cm³/mol. The van der Waals surface area contributed by atoms with Crippen molar-refractivity contribution in [2.24, 2.45) is 0 Å². The summed E-state index contributed by atoms with van der Waals surface area (Å²) in [4.78, 5) is 10.7. The van der Waals surface area contributed by atoms with Gasteiger partial charge in [0.1, 0.15) is 11.5 Å². The first kappa shape index (κ1) is 19.0. The Hall–Kier alpha value is -3.31. The first-order chi connectivity index (χ1) is 14.2. The number of ether oxygens (including phenoxy) is 2. The molecule has 0 fully saturated rings. The van der Waals surface area contributed by atoms with Gasteiger partial charge in [-0.15, -0.1) is 0 Å². The highest BCUT2D eigenvalue weighted by Crippen LogP contribution is 2.31. The maximum Gasteiger partial charge on any atom is 0.193 e. The summed E-state index contributed by atoms with van der Waals surface area (Å²) in [6.07, 6.45) is 0. The van der Waals surface area contributed by atoms with Gasteiger partial charge in [0, 0.05) is 16.0 Å². The summed E-state index contributed by atoms with van der Waals surface area (Å²) in [6.45, 7) is 0. The highest BCUT2D eigenvalue weighted by atomic mass is 32.2. The van der Waals surface area contributed by atoms with Gasteiger partial charge in [-0.1, -0.05) is 18.2 Å². The van der Waals surface area contributed by atoms with E-state index >= 15 is 0 Å². The van der Waals surface area contributed by atoms with Crippen molar-refractivity contribution in [3.63, 3.8) is 0 Å². The van der Waals surface area contributed by atoms with Crippen LogP contribution in [0.15, 0.2) is 95.0 Å². The second-order valence-corrected chi connectivity index (χ2v) is 7.33. The number of methoxy groups -OCH3 is 2. The van der Waals surface area contributed by atoms with Crippen LogP contribution in [0.2, 0.25) is 0 Å². The number of nitrogens with zero attached hydrogens (tertiary/aromatic N) is 2. The van der Waals surface area contributed by atoms with Gasteiger partial charge in [0.15, 0.2) is 5.16 Å². The van der Waals surface area contributed by atoms with Gasteiger partial charge in [0.05, 0.1) is 25.6 Å². The molecule has 0 aliphatic rings. The lowest BCUT2D eigenvalue weighted by atomic mass is 10.1. The molecule has 5 heteroatoms. The Labute approximate surface area is 174 Å². The Morgan fingerprint density at radius 3 is 1.55 bits per heavy atom. The quantitative estimate of drug-likeness (QED) is 0.373. The molecule has 0 amide bonds. The fourth-order valence-corrected chi connectivity index (χ4v) is 3.68. The molecule has 0 N–H and O–H groups in total. The number of rotatable bonds is 6. The summed E-state index contributed by atoms with van der Waals surface area (Å²) in [5.41, 5.74) is 3.76. The summed E-state index contributed by atoms with van der Waals surface area (Å²) in [5.74, 6) is 1.63. The van der Waals surface area contributed by atoms with Crippen molar-refractivity contribution in [1.82, 2.24) is 9.97 Å². The number of hydrogen-bond acceptors (Lipinski definition) is 5. The molecule has 4 rings (SSSR count). The maximum absolute atomic E-state index is 5.27. The zero-order valence-corrected chi connectivity index (χ0v) is 17.0. The monoisotopic (exact) mass is 400 g/mol. The number of aromatic nitrogens is 2. The van der Waals surface area contributed by atoms with Gasteiger partial charge >= 0.3 is 0 Å². The molecule has 1 heterocycles. The van der Waals surface area contributed by atoms with E-state index in [9.17, 15) is 0 Å². The molecule has 1 aromatic heterocycles. The van der Waals surface area contributed by atoms with Crippen LogP contribution < -0.4 is 9.47 Å². The summed E-state index contributed by atoms with van der Waals surface area (Å²) < 4.78 is 10.5. The third-order valence-corrected chi connectivity index (χ3v) is 5.30. The van der Waals surface area contributed by atoms with Crippen LogP contribution in [0.1, 0.15) is 0 Å². The molecule has 144 valence electrons. The van der Waals surface area contributed by atoms with Gasteiger partial charge in [-0.3, -0.25) is 0 Å². The van der Waals surface area contributed by atoms with E-state index in [-0.39, 0.29) is 0 Å². The molecule has 4 nitrogen and oxygen atoms in total. The summed E-state index contributed by atoms with van der Waals surface area (Å²) >= 11 is 1.55. The first-order valence-corrected chi connectivity index (χ1v) is 9.97. The van der Waals surface area contributed by atoms with Crippen molar-refractivity contribution >= 4 is 11.8 Å². The van der Waals surface area contributed by atoms with Crippen LogP contribution in [-0.2, 0) is 0 Å². The molecular formula is C24H20N2O2S. The second kappa shape index (κ2) is 8.80. The van der Waals surface area contributed by atoms with Crippen LogP contribution in [0.4, 0.5) is 0 Å². The standard InChI is InChI=1S/C24H20N2O2S/c1-27-19-12-8-17(9-13-19)22-16-23(18-10-14-20(28-2)15-11-18)26-24(25-22)29-21-6-4-3-5-7-21/h3-16H,1-2H3. The minimum absolute atomic E-state index is 0.704. The molecule has 0 unspecified atom stereocenters. The Balaban J connectivity index is 1.77. The van der Waals surface area contributed by atoms with E-state index < -0.39 is 0 Å². The third-order valence-electron chi connectivity index (χ3n) is 4.43. The lowest BCUT2D eigenvalue weighted by Crippen LogP contribution is -1.95. The Morgan fingerprint density at radius 1 is 0.621 bits per heavy atom. The van der Waals surface area contributed by atoms with E-state index in [1.165, 1.54) is 0 Å². The van der Waals surface area contributed by atoms with Crippen LogP contribution in [0.3, 0.4) is 0 Å². The minimum Gasteiger partial charge on any atom is -0.497 e.